The molecule has 4 nitrogen and oxygen atoms in total. The first kappa shape index (κ1) is 15.3. The number of ether oxygens (including phenoxy) is 1. The molecule has 4 heteroatoms. The maximum Gasteiger partial charge on any atom is 0.128 e. The molecule has 1 atom stereocenters. The average Bonchev–Trinajstić information content (AvgIpc) is 2.49. The lowest BCUT2D eigenvalue weighted by Gasteiger charge is -2.32. The maximum absolute atomic E-state index is 5.25. The molecule has 1 aromatic heterocycles. The van der Waals surface area contributed by atoms with Crippen molar-refractivity contribution >= 4 is 5.82 Å². The zero-order valence-corrected chi connectivity index (χ0v) is 12.9. The molecular weight excluding hydrogens is 250 g/mol. The van der Waals surface area contributed by atoms with E-state index in [0.29, 0.717) is 12.0 Å². The number of hydrogen-bond acceptors (Lipinski definition) is 4. The molecule has 2 rings (SSSR count). The quantitative estimate of drug-likeness (QED) is 0.867. The van der Waals surface area contributed by atoms with E-state index < -0.39 is 0 Å². The van der Waals surface area contributed by atoms with Crippen LogP contribution in [0.5, 0.6) is 0 Å². The van der Waals surface area contributed by atoms with Crippen molar-refractivity contribution in [2.75, 3.05) is 38.3 Å². The number of rotatable bonds is 6. The molecule has 0 spiro atoms. The summed E-state index contributed by atoms with van der Waals surface area (Å²) >= 11 is 0. The van der Waals surface area contributed by atoms with E-state index in [2.05, 4.69) is 41.2 Å². The van der Waals surface area contributed by atoms with Gasteiger partial charge in [-0.1, -0.05) is 13.0 Å². The summed E-state index contributed by atoms with van der Waals surface area (Å²) in [6, 6.07) is 4.71. The fourth-order valence-corrected chi connectivity index (χ4v) is 2.83. The van der Waals surface area contributed by atoms with Crippen molar-refractivity contribution in [3.63, 3.8) is 0 Å². The summed E-state index contributed by atoms with van der Waals surface area (Å²) in [4.78, 5) is 7.01. The molecule has 0 amide bonds. The number of nitrogens with zero attached hydrogens (tertiary/aromatic N) is 2. The Balaban J connectivity index is 1.91. The normalized spacial score (nSPS) is 18.2. The van der Waals surface area contributed by atoms with Crippen LogP contribution >= 0.6 is 0 Å². The monoisotopic (exact) mass is 277 g/mol. The minimum Gasteiger partial charge on any atom is -0.384 e. The summed E-state index contributed by atoms with van der Waals surface area (Å²) in [7, 11) is 1.79. The Bertz CT molecular complexity index is 385. The van der Waals surface area contributed by atoms with Crippen molar-refractivity contribution in [2.45, 2.75) is 32.7 Å². The second-order valence-electron chi connectivity index (χ2n) is 5.61. The van der Waals surface area contributed by atoms with Gasteiger partial charge in [-0.2, -0.15) is 0 Å². The highest BCUT2D eigenvalue weighted by atomic mass is 16.5. The van der Waals surface area contributed by atoms with E-state index in [1.54, 1.807) is 7.11 Å². The lowest BCUT2D eigenvalue weighted by Crippen LogP contribution is -2.35. The number of piperidine rings is 1. The number of pyridine rings is 1. The van der Waals surface area contributed by atoms with Gasteiger partial charge in [0.1, 0.15) is 5.82 Å². The van der Waals surface area contributed by atoms with Gasteiger partial charge in [0.25, 0.3) is 0 Å². The molecule has 0 aliphatic carbocycles. The minimum absolute atomic E-state index is 0.369. The molecule has 1 aliphatic heterocycles. The first-order valence-corrected chi connectivity index (χ1v) is 7.67. The third kappa shape index (κ3) is 3.93. The van der Waals surface area contributed by atoms with Gasteiger partial charge in [-0.25, -0.2) is 4.98 Å². The number of aromatic nitrogens is 1. The molecule has 1 unspecified atom stereocenters. The lowest BCUT2D eigenvalue weighted by atomic mass is 9.98. The third-order valence-corrected chi connectivity index (χ3v) is 4.12. The summed E-state index contributed by atoms with van der Waals surface area (Å²) in [5, 5.41) is 3.41. The van der Waals surface area contributed by atoms with E-state index >= 15 is 0 Å². The molecule has 0 radical (unpaired) electrons. The molecule has 0 bridgehead atoms. The van der Waals surface area contributed by atoms with Crippen LogP contribution in [0.25, 0.3) is 0 Å². The van der Waals surface area contributed by atoms with Crippen molar-refractivity contribution in [1.82, 2.24) is 10.3 Å². The Morgan fingerprint density at radius 2 is 2.15 bits per heavy atom. The maximum atomic E-state index is 5.25. The molecule has 1 N–H and O–H groups in total. The van der Waals surface area contributed by atoms with Crippen LogP contribution in [0, 0.1) is 5.92 Å². The molecule has 112 valence electrons. The summed E-state index contributed by atoms with van der Waals surface area (Å²) < 4.78 is 5.25. The van der Waals surface area contributed by atoms with Crippen LogP contribution < -0.4 is 10.2 Å². The zero-order valence-electron chi connectivity index (χ0n) is 12.9. The second kappa shape index (κ2) is 7.60. The number of anilines is 1. The van der Waals surface area contributed by atoms with Gasteiger partial charge in [0, 0.05) is 39.0 Å². The smallest absolute Gasteiger partial charge is 0.128 e. The molecule has 2 heterocycles. The first-order valence-electron chi connectivity index (χ1n) is 7.67. The Morgan fingerprint density at radius 3 is 2.70 bits per heavy atom. The Morgan fingerprint density at radius 1 is 1.40 bits per heavy atom. The van der Waals surface area contributed by atoms with Gasteiger partial charge in [0.15, 0.2) is 0 Å². The van der Waals surface area contributed by atoms with Gasteiger partial charge < -0.3 is 15.0 Å². The highest BCUT2D eigenvalue weighted by Gasteiger charge is 2.20. The topological polar surface area (TPSA) is 37.4 Å². The van der Waals surface area contributed by atoms with E-state index in [1.165, 1.54) is 18.4 Å². The molecule has 0 aromatic carbocycles. The van der Waals surface area contributed by atoms with Crippen LogP contribution in [-0.2, 0) is 4.74 Å². The van der Waals surface area contributed by atoms with Crippen molar-refractivity contribution in [1.29, 1.82) is 0 Å². The minimum atomic E-state index is 0.369. The molecule has 20 heavy (non-hydrogen) atoms. The van der Waals surface area contributed by atoms with E-state index in [0.717, 1.165) is 32.1 Å². The van der Waals surface area contributed by atoms with Crippen LogP contribution in [0.2, 0.25) is 0 Å². The van der Waals surface area contributed by atoms with Gasteiger partial charge >= 0.3 is 0 Å². The molecule has 1 fully saturated rings. The summed E-state index contributed by atoms with van der Waals surface area (Å²) in [6.45, 7) is 8.35. The number of methoxy groups -OCH3 is 1. The van der Waals surface area contributed by atoms with Gasteiger partial charge in [-0.05, 0) is 43.9 Å². The highest BCUT2D eigenvalue weighted by Crippen LogP contribution is 2.23. The van der Waals surface area contributed by atoms with Gasteiger partial charge in [-0.15, -0.1) is 0 Å². The van der Waals surface area contributed by atoms with Crippen LogP contribution in [0.4, 0.5) is 5.82 Å². The Hall–Kier alpha value is -1.13. The highest BCUT2D eigenvalue weighted by molar-refractivity contribution is 5.40. The molecule has 1 aliphatic rings. The second-order valence-corrected chi connectivity index (χ2v) is 5.61. The molecular formula is C16H27N3O. The van der Waals surface area contributed by atoms with Gasteiger partial charge in [0.2, 0.25) is 0 Å². The summed E-state index contributed by atoms with van der Waals surface area (Å²) in [6.07, 6.45) is 4.40. The van der Waals surface area contributed by atoms with E-state index in [1.807, 2.05) is 6.20 Å². The van der Waals surface area contributed by atoms with Crippen molar-refractivity contribution in [3.8, 4) is 0 Å². The van der Waals surface area contributed by atoms with E-state index in [9.17, 15) is 0 Å². The van der Waals surface area contributed by atoms with E-state index in [-0.39, 0.29) is 0 Å². The van der Waals surface area contributed by atoms with Crippen molar-refractivity contribution in [2.24, 2.45) is 5.92 Å². The van der Waals surface area contributed by atoms with Crippen LogP contribution in [0.3, 0.4) is 0 Å². The number of hydrogen-bond donors (Lipinski definition) is 1. The predicted octanol–water partition coefficient (Wildman–Crippen LogP) is 2.61. The molecule has 1 saturated heterocycles. The molecule has 0 saturated carbocycles. The van der Waals surface area contributed by atoms with Crippen LogP contribution in [-0.4, -0.2) is 38.3 Å². The predicted molar refractivity (Wildman–Crippen MR) is 83.1 cm³/mol. The van der Waals surface area contributed by atoms with Crippen molar-refractivity contribution in [3.05, 3.63) is 23.9 Å². The fourth-order valence-electron chi connectivity index (χ4n) is 2.83. The van der Waals surface area contributed by atoms with Gasteiger partial charge in [0.05, 0.1) is 0 Å². The lowest BCUT2D eigenvalue weighted by molar-refractivity contribution is 0.139. The SMILES string of the molecule is CCNC(C)c1ccc(N2CCC(COC)CC2)nc1. The standard InChI is InChI=1S/C16H27N3O/c1-4-17-13(2)15-5-6-16(18-11-15)19-9-7-14(8-10-19)12-20-3/h5-6,11,13-14,17H,4,7-10,12H2,1-3H3. The first-order chi connectivity index (χ1) is 9.74. The third-order valence-electron chi connectivity index (χ3n) is 4.12. The van der Waals surface area contributed by atoms with Crippen LogP contribution in [0.1, 0.15) is 38.3 Å². The Kier molecular flexibility index (Phi) is 5.80. The summed E-state index contributed by atoms with van der Waals surface area (Å²) in [5.41, 5.74) is 1.25. The fraction of sp³-hybridized carbons (Fsp3) is 0.688. The van der Waals surface area contributed by atoms with Crippen LogP contribution in [0.15, 0.2) is 18.3 Å². The van der Waals surface area contributed by atoms with E-state index in [4.69, 9.17) is 4.74 Å². The summed E-state index contributed by atoms with van der Waals surface area (Å²) in [5.74, 6) is 1.82. The van der Waals surface area contributed by atoms with Crippen molar-refractivity contribution < 1.29 is 4.74 Å². The average molecular weight is 277 g/mol. The van der Waals surface area contributed by atoms with Gasteiger partial charge in [-0.3, -0.25) is 0 Å². The molecule has 1 aromatic rings. The largest absolute Gasteiger partial charge is 0.384 e. The zero-order chi connectivity index (χ0) is 14.4. The Labute approximate surface area is 122 Å². The number of nitrogens with one attached hydrogen (secondary N) is 1.